The number of fused-ring (bicyclic) bond motifs is 1. The lowest BCUT2D eigenvalue weighted by Crippen LogP contribution is -2.40. The lowest BCUT2D eigenvalue weighted by molar-refractivity contribution is -0.121. The zero-order valence-electron chi connectivity index (χ0n) is 17.2. The van der Waals surface area contributed by atoms with Gasteiger partial charge in [-0.2, -0.15) is 0 Å². The van der Waals surface area contributed by atoms with Gasteiger partial charge in [0, 0.05) is 18.3 Å². The van der Waals surface area contributed by atoms with Crippen LogP contribution in [0.1, 0.15) is 38.6 Å². The number of anilines is 1. The van der Waals surface area contributed by atoms with Crippen molar-refractivity contribution < 1.29 is 9.18 Å². The second-order valence-electron chi connectivity index (χ2n) is 8.17. The van der Waals surface area contributed by atoms with Gasteiger partial charge in [-0.05, 0) is 63.6 Å². The Balaban J connectivity index is 1.46. The topological polar surface area (TPSA) is 50.2 Å². The molecular formula is C23H26ClFN4O. The van der Waals surface area contributed by atoms with Crippen molar-refractivity contribution in [3.63, 3.8) is 0 Å². The van der Waals surface area contributed by atoms with Crippen molar-refractivity contribution in [3.05, 3.63) is 59.1 Å². The number of nitrogens with one attached hydrogen (secondary N) is 1. The zero-order valence-corrected chi connectivity index (χ0v) is 18.0. The first-order chi connectivity index (χ1) is 14.4. The van der Waals surface area contributed by atoms with E-state index in [-0.39, 0.29) is 16.8 Å². The van der Waals surface area contributed by atoms with Gasteiger partial charge in [0.25, 0.3) is 0 Å². The third-order valence-corrected chi connectivity index (χ3v) is 5.90. The first-order valence-electron chi connectivity index (χ1n) is 10.4. The van der Waals surface area contributed by atoms with Crippen molar-refractivity contribution in [1.82, 2.24) is 14.5 Å². The number of halogens is 2. The van der Waals surface area contributed by atoms with E-state index < -0.39 is 5.82 Å². The average molecular weight is 429 g/mol. The molecule has 4 rings (SSSR count). The van der Waals surface area contributed by atoms with Crippen LogP contribution < -0.4 is 5.32 Å². The minimum atomic E-state index is -0.494. The fraction of sp³-hybridized carbons (Fsp3) is 0.391. The van der Waals surface area contributed by atoms with Crippen molar-refractivity contribution in [3.8, 4) is 0 Å². The number of imidazole rings is 1. The number of benzene rings is 2. The molecule has 0 bridgehead atoms. The number of piperidine rings is 1. The van der Waals surface area contributed by atoms with E-state index in [4.69, 9.17) is 16.6 Å². The molecule has 1 aromatic heterocycles. The smallest absolute Gasteiger partial charge is 0.228 e. The molecule has 1 fully saturated rings. The second kappa shape index (κ2) is 8.74. The van der Waals surface area contributed by atoms with Crippen LogP contribution in [0.15, 0.2) is 42.5 Å². The Morgan fingerprint density at radius 2 is 2.10 bits per heavy atom. The van der Waals surface area contributed by atoms with Gasteiger partial charge in [-0.25, -0.2) is 9.37 Å². The molecule has 1 aliphatic heterocycles. The van der Waals surface area contributed by atoms with Crippen LogP contribution in [0.3, 0.4) is 0 Å². The summed E-state index contributed by atoms with van der Waals surface area (Å²) in [5.41, 5.74) is 2.66. The van der Waals surface area contributed by atoms with Crippen LogP contribution in [0.5, 0.6) is 0 Å². The van der Waals surface area contributed by atoms with Crippen LogP contribution in [0.25, 0.3) is 11.0 Å². The molecule has 0 unspecified atom stereocenters. The van der Waals surface area contributed by atoms with Crippen molar-refractivity contribution >= 4 is 34.2 Å². The highest BCUT2D eigenvalue weighted by atomic mass is 35.5. The Kier molecular flexibility index (Phi) is 6.06. The first kappa shape index (κ1) is 20.8. The van der Waals surface area contributed by atoms with Gasteiger partial charge < -0.3 is 9.88 Å². The minimum Gasteiger partial charge on any atom is -0.326 e. The van der Waals surface area contributed by atoms with Gasteiger partial charge in [0.15, 0.2) is 0 Å². The van der Waals surface area contributed by atoms with Crippen LogP contribution in [-0.2, 0) is 11.3 Å². The summed E-state index contributed by atoms with van der Waals surface area (Å²) in [4.78, 5) is 19.9. The molecule has 3 aromatic rings. The van der Waals surface area contributed by atoms with Gasteiger partial charge >= 0.3 is 0 Å². The molecule has 0 spiro atoms. The number of rotatable bonds is 5. The summed E-state index contributed by atoms with van der Waals surface area (Å²) in [6, 6.07) is 12.7. The lowest BCUT2D eigenvalue weighted by Gasteiger charge is -2.32. The average Bonchev–Trinajstić information content (AvgIpc) is 3.09. The summed E-state index contributed by atoms with van der Waals surface area (Å²) in [5, 5.41) is 2.88. The fourth-order valence-electron chi connectivity index (χ4n) is 4.21. The number of carbonyl (C=O) groups excluding carboxylic acids is 1. The maximum absolute atomic E-state index is 13.4. The molecule has 158 valence electrons. The van der Waals surface area contributed by atoms with Gasteiger partial charge in [0.2, 0.25) is 5.91 Å². The van der Waals surface area contributed by atoms with Crippen molar-refractivity contribution in [2.75, 3.05) is 18.4 Å². The van der Waals surface area contributed by atoms with E-state index in [2.05, 4.69) is 34.7 Å². The predicted octanol–water partition coefficient (Wildman–Crippen LogP) is 5.26. The highest BCUT2D eigenvalue weighted by molar-refractivity contribution is 6.31. The SMILES string of the molecule is CC(C)n1c(CN2CCC[C@@H](C(=O)Nc3ccc(F)c(Cl)c3)C2)nc2ccccc21. The van der Waals surface area contributed by atoms with Crippen LogP contribution in [0.4, 0.5) is 10.1 Å². The van der Waals surface area contributed by atoms with E-state index in [0.29, 0.717) is 24.8 Å². The number of para-hydroxylation sites is 2. The van der Waals surface area contributed by atoms with Gasteiger partial charge in [-0.1, -0.05) is 23.7 Å². The Labute approximate surface area is 180 Å². The molecule has 0 aliphatic carbocycles. The number of aromatic nitrogens is 2. The molecule has 30 heavy (non-hydrogen) atoms. The third kappa shape index (κ3) is 4.35. The lowest BCUT2D eigenvalue weighted by atomic mass is 9.97. The zero-order chi connectivity index (χ0) is 21.3. The molecule has 2 aromatic carbocycles. The summed E-state index contributed by atoms with van der Waals surface area (Å²) in [5.74, 6) is 0.350. The van der Waals surface area contributed by atoms with E-state index in [1.54, 1.807) is 0 Å². The van der Waals surface area contributed by atoms with Crippen LogP contribution in [0, 0.1) is 11.7 Å². The highest BCUT2D eigenvalue weighted by Crippen LogP contribution is 2.25. The third-order valence-electron chi connectivity index (χ3n) is 5.61. The molecule has 1 aliphatic rings. The van der Waals surface area contributed by atoms with E-state index in [1.807, 2.05) is 18.2 Å². The van der Waals surface area contributed by atoms with Crippen molar-refractivity contribution in [1.29, 1.82) is 0 Å². The largest absolute Gasteiger partial charge is 0.326 e. The molecule has 5 nitrogen and oxygen atoms in total. The predicted molar refractivity (Wildman–Crippen MR) is 118 cm³/mol. The monoisotopic (exact) mass is 428 g/mol. The summed E-state index contributed by atoms with van der Waals surface area (Å²) in [6.45, 7) is 6.64. The van der Waals surface area contributed by atoms with Crippen LogP contribution >= 0.6 is 11.6 Å². The summed E-state index contributed by atoms with van der Waals surface area (Å²) in [7, 11) is 0. The second-order valence-corrected chi connectivity index (χ2v) is 8.58. The van der Waals surface area contributed by atoms with Crippen LogP contribution in [-0.4, -0.2) is 33.4 Å². The Bertz CT molecular complexity index is 1060. The Morgan fingerprint density at radius 1 is 1.30 bits per heavy atom. The quantitative estimate of drug-likeness (QED) is 0.603. The maximum atomic E-state index is 13.4. The number of likely N-dealkylation sites (tertiary alicyclic amines) is 1. The standard InChI is InChI=1S/C23H26ClFN4O/c1-15(2)29-21-8-4-3-7-20(21)27-22(29)14-28-11-5-6-16(13-28)23(30)26-17-9-10-19(25)18(24)12-17/h3-4,7-10,12,15-16H,5-6,11,13-14H2,1-2H3,(H,26,30)/t16-/m1/s1. The van der Waals surface area contributed by atoms with Gasteiger partial charge in [-0.3, -0.25) is 9.69 Å². The number of hydrogen-bond donors (Lipinski definition) is 1. The highest BCUT2D eigenvalue weighted by Gasteiger charge is 2.27. The van der Waals surface area contributed by atoms with Crippen LogP contribution in [0.2, 0.25) is 5.02 Å². The number of carbonyl (C=O) groups is 1. The van der Waals surface area contributed by atoms with E-state index >= 15 is 0 Å². The molecule has 0 radical (unpaired) electrons. The summed E-state index contributed by atoms with van der Waals surface area (Å²) < 4.78 is 15.6. The normalized spacial score (nSPS) is 17.6. The summed E-state index contributed by atoms with van der Waals surface area (Å²) >= 11 is 5.83. The maximum Gasteiger partial charge on any atom is 0.228 e. The molecule has 2 heterocycles. The van der Waals surface area contributed by atoms with Crippen molar-refractivity contribution in [2.24, 2.45) is 5.92 Å². The first-order valence-corrected chi connectivity index (χ1v) is 10.7. The van der Waals surface area contributed by atoms with E-state index in [9.17, 15) is 9.18 Å². The number of nitrogens with zero attached hydrogens (tertiary/aromatic N) is 3. The summed E-state index contributed by atoms with van der Waals surface area (Å²) in [6.07, 6.45) is 1.78. The van der Waals surface area contributed by atoms with Gasteiger partial charge in [-0.15, -0.1) is 0 Å². The molecule has 1 saturated heterocycles. The molecule has 1 amide bonds. The minimum absolute atomic E-state index is 0.00524. The Morgan fingerprint density at radius 3 is 2.87 bits per heavy atom. The van der Waals surface area contributed by atoms with E-state index in [1.165, 1.54) is 18.2 Å². The van der Waals surface area contributed by atoms with E-state index in [0.717, 1.165) is 36.2 Å². The van der Waals surface area contributed by atoms with Gasteiger partial charge in [0.1, 0.15) is 11.6 Å². The number of amides is 1. The Hall–Kier alpha value is -2.44. The molecule has 1 N–H and O–H groups in total. The molecule has 1 atom stereocenters. The fourth-order valence-corrected chi connectivity index (χ4v) is 4.39. The number of hydrogen-bond acceptors (Lipinski definition) is 3. The molecule has 0 saturated carbocycles. The molecular weight excluding hydrogens is 403 g/mol. The van der Waals surface area contributed by atoms with Crippen molar-refractivity contribution in [2.45, 2.75) is 39.3 Å². The van der Waals surface area contributed by atoms with Gasteiger partial charge in [0.05, 0.1) is 28.5 Å². The molecule has 7 heteroatoms.